The molecule has 0 saturated carbocycles. The van der Waals surface area contributed by atoms with E-state index in [1.54, 1.807) is 0 Å². The Morgan fingerprint density at radius 2 is 2.36 bits per heavy atom. The average Bonchev–Trinajstić information content (AvgIpc) is 2.17. The molecule has 0 fully saturated rings. The molecular formula is C10H14N2O2. The molecule has 1 unspecified atom stereocenters. The quantitative estimate of drug-likeness (QED) is 0.762. The number of pyridine rings is 1. The van der Waals surface area contributed by atoms with Gasteiger partial charge in [0.15, 0.2) is 0 Å². The van der Waals surface area contributed by atoms with E-state index in [1.165, 1.54) is 18.5 Å². The minimum atomic E-state index is -0.206. The summed E-state index contributed by atoms with van der Waals surface area (Å²) in [5.41, 5.74) is 0.380. The Hall–Kier alpha value is -1.58. The summed E-state index contributed by atoms with van der Waals surface area (Å²) in [6.45, 7) is 3.92. The third kappa shape index (κ3) is 2.73. The lowest BCUT2D eigenvalue weighted by Gasteiger charge is -2.10. The molecule has 1 atom stereocenters. The van der Waals surface area contributed by atoms with E-state index in [0.717, 1.165) is 6.42 Å². The Bertz CT molecular complexity index is 326. The summed E-state index contributed by atoms with van der Waals surface area (Å²) in [6, 6.07) is 1.52. The smallest absolute Gasteiger partial charge is 0.253 e. The fraction of sp³-hybridized carbons (Fsp3) is 0.400. The number of hydrogen-bond acceptors (Lipinski definition) is 3. The largest absolute Gasteiger partial charge is 0.506 e. The van der Waals surface area contributed by atoms with Gasteiger partial charge in [0, 0.05) is 12.2 Å². The Balaban J connectivity index is 2.70. The highest BCUT2D eigenvalue weighted by molar-refractivity contribution is 5.94. The predicted octanol–water partition coefficient (Wildman–Crippen LogP) is 1.32. The molecule has 1 amide bonds. The molecule has 1 rings (SSSR count). The van der Waals surface area contributed by atoms with Crippen LogP contribution in [0.15, 0.2) is 18.5 Å². The van der Waals surface area contributed by atoms with Crippen LogP contribution in [0.4, 0.5) is 0 Å². The molecule has 14 heavy (non-hydrogen) atoms. The maximum absolute atomic E-state index is 11.5. The van der Waals surface area contributed by atoms with Gasteiger partial charge in [0.05, 0.1) is 11.8 Å². The summed E-state index contributed by atoms with van der Waals surface area (Å²) in [5.74, 6) is -0.204. The van der Waals surface area contributed by atoms with E-state index >= 15 is 0 Å². The van der Waals surface area contributed by atoms with Gasteiger partial charge in [0.25, 0.3) is 5.91 Å². The first-order chi connectivity index (χ1) is 6.63. The fourth-order valence-electron chi connectivity index (χ4n) is 0.961. The highest BCUT2D eigenvalue weighted by Gasteiger charge is 2.08. The molecule has 2 N–H and O–H groups in total. The second kappa shape index (κ2) is 4.60. The number of carbonyl (C=O) groups is 1. The minimum absolute atomic E-state index is 0.00167. The van der Waals surface area contributed by atoms with Crippen molar-refractivity contribution in [1.29, 1.82) is 0 Å². The summed E-state index contributed by atoms with van der Waals surface area (Å²) in [5, 5.41) is 11.9. The third-order valence-electron chi connectivity index (χ3n) is 1.98. The molecule has 0 aromatic carbocycles. The monoisotopic (exact) mass is 194 g/mol. The van der Waals surface area contributed by atoms with E-state index in [2.05, 4.69) is 10.3 Å². The second-order valence-electron chi connectivity index (χ2n) is 3.21. The number of aromatic nitrogens is 1. The lowest BCUT2D eigenvalue weighted by Crippen LogP contribution is -2.31. The third-order valence-corrected chi connectivity index (χ3v) is 1.98. The van der Waals surface area contributed by atoms with E-state index in [4.69, 9.17) is 5.11 Å². The molecular weight excluding hydrogens is 180 g/mol. The summed E-state index contributed by atoms with van der Waals surface area (Å²) in [6.07, 6.45) is 3.59. The topological polar surface area (TPSA) is 62.2 Å². The number of nitrogens with one attached hydrogen (secondary N) is 1. The van der Waals surface area contributed by atoms with Crippen LogP contribution in [0.5, 0.6) is 5.75 Å². The Morgan fingerprint density at radius 1 is 1.64 bits per heavy atom. The number of amides is 1. The maximum Gasteiger partial charge on any atom is 0.253 e. The van der Waals surface area contributed by atoms with Crippen LogP contribution >= 0.6 is 0 Å². The average molecular weight is 194 g/mol. The molecule has 0 spiro atoms. The molecule has 0 aliphatic rings. The first-order valence-corrected chi connectivity index (χ1v) is 4.58. The van der Waals surface area contributed by atoms with Gasteiger partial charge < -0.3 is 10.4 Å². The zero-order valence-electron chi connectivity index (χ0n) is 8.32. The fourth-order valence-corrected chi connectivity index (χ4v) is 0.961. The summed E-state index contributed by atoms with van der Waals surface area (Å²) in [4.78, 5) is 15.2. The summed E-state index contributed by atoms with van der Waals surface area (Å²) >= 11 is 0. The van der Waals surface area contributed by atoms with Crippen molar-refractivity contribution in [3.8, 4) is 5.75 Å². The zero-order valence-corrected chi connectivity index (χ0v) is 8.32. The van der Waals surface area contributed by atoms with Crippen LogP contribution in [0.1, 0.15) is 30.6 Å². The van der Waals surface area contributed by atoms with E-state index < -0.39 is 0 Å². The van der Waals surface area contributed by atoms with Gasteiger partial charge in [-0.3, -0.25) is 9.78 Å². The number of rotatable bonds is 3. The first kappa shape index (κ1) is 10.5. The first-order valence-electron chi connectivity index (χ1n) is 4.58. The van der Waals surface area contributed by atoms with E-state index in [1.807, 2.05) is 13.8 Å². The molecule has 1 heterocycles. The molecule has 1 aromatic heterocycles. The van der Waals surface area contributed by atoms with E-state index in [-0.39, 0.29) is 17.7 Å². The van der Waals surface area contributed by atoms with Crippen molar-refractivity contribution < 1.29 is 9.90 Å². The van der Waals surface area contributed by atoms with Crippen molar-refractivity contribution in [2.75, 3.05) is 0 Å². The maximum atomic E-state index is 11.5. The van der Waals surface area contributed by atoms with Gasteiger partial charge >= 0.3 is 0 Å². The van der Waals surface area contributed by atoms with Gasteiger partial charge in [0.2, 0.25) is 0 Å². The van der Waals surface area contributed by atoms with Crippen LogP contribution in [0.2, 0.25) is 0 Å². The molecule has 1 aromatic rings. The van der Waals surface area contributed by atoms with Gasteiger partial charge in [0.1, 0.15) is 5.75 Å². The Morgan fingerprint density at radius 3 is 2.93 bits per heavy atom. The number of carbonyl (C=O) groups excluding carboxylic acids is 1. The van der Waals surface area contributed by atoms with Crippen LogP contribution in [-0.4, -0.2) is 22.0 Å². The lowest BCUT2D eigenvalue weighted by atomic mass is 10.2. The molecule has 0 aliphatic heterocycles. The zero-order chi connectivity index (χ0) is 10.6. The standard InChI is InChI=1S/C10H14N2O2/c1-3-7(2)12-10(14)8-4-9(13)6-11-5-8/h4-7,13H,3H2,1-2H3,(H,12,14). The predicted molar refractivity (Wildman–Crippen MR) is 53.1 cm³/mol. The van der Waals surface area contributed by atoms with Gasteiger partial charge in [-0.2, -0.15) is 0 Å². The lowest BCUT2D eigenvalue weighted by molar-refractivity contribution is 0.0938. The second-order valence-corrected chi connectivity index (χ2v) is 3.21. The van der Waals surface area contributed by atoms with Crippen molar-refractivity contribution in [3.05, 3.63) is 24.0 Å². The normalized spacial score (nSPS) is 12.1. The van der Waals surface area contributed by atoms with Gasteiger partial charge in [-0.15, -0.1) is 0 Å². The van der Waals surface area contributed by atoms with Gasteiger partial charge in [-0.1, -0.05) is 6.92 Å². The highest BCUT2D eigenvalue weighted by Crippen LogP contribution is 2.08. The molecule has 0 aliphatic carbocycles. The minimum Gasteiger partial charge on any atom is -0.506 e. The number of hydrogen-bond donors (Lipinski definition) is 2. The number of nitrogens with zero attached hydrogens (tertiary/aromatic N) is 1. The van der Waals surface area contributed by atoms with Gasteiger partial charge in [-0.05, 0) is 19.4 Å². The molecule has 0 bridgehead atoms. The molecule has 0 saturated heterocycles. The molecule has 4 heteroatoms. The van der Waals surface area contributed by atoms with Crippen LogP contribution in [0.3, 0.4) is 0 Å². The Kier molecular flexibility index (Phi) is 3.45. The van der Waals surface area contributed by atoms with Crippen molar-refractivity contribution in [2.45, 2.75) is 26.3 Å². The number of aromatic hydroxyl groups is 1. The summed E-state index contributed by atoms with van der Waals surface area (Å²) < 4.78 is 0. The van der Waals surface area contributed by atoms with E-state index in [9.17, 15) is 4.79 Å². The molecule has 4 nitrogen and oxygen atoms in total. The molecule has 76 valence electrons. The van der Waals surface area contributed by atoms with Crippen molar-refractivity contribution in [1.82, 2.24) is 10.3 Å². The Labute approximate surface area is 83.0 Å². The van der Waals surface area contributed by atoms with Gasteiger partial charge in [-0.25, -0.2) is 0 Å². The van der Waals surface area contributed by atoms with E-state index in [0.29, 0.717) is 5.56 Å². The van der Waals surface area contributed by atoms with Crippen LogP contribution in [0.25, 0.3) is 0 Å². The highest BCUT2D eigenvalue weighted by atomic mass is 16.3. The molecule has 0 radical (unpaired) electrons. The van der Waals surface area contributed by atoms with Crippen LogP contribution < -0.4 is 5.32 Å². The summed E-state index contributed by atoms with van der Waals surface area (Å²) in [7, 11) is 0. The van der Waals surface area contributed by atoms with Crippen LogP contribution in [-0.2, 0) is 0 Å². The van der Waals surface area contributed by atoms with Crippen LogP contribution in [0, 0.1) is 0 Å². The van der Waals surface area contributed by atoms with Crippen molar-refractivity contribution in [2.24, 2.45) is 0 Å². The SMILES string of the molecule is CCC(C)NC(=O)c1cncc(O)c1. The van der Waals surface area contributed by atoms with Crippen molar-refractivity contribution in [3.63, 3.8) is 0 Å². The van der Waals surface area contributed by atoms with Crippen molar-refractivity contribution >= 4 is 5.91 Å².